The van der Waals surface area contributed by atoms with Crippen molar-refractivity contribution in [3.05, 3.63) is 82.8 Å². The Balaban J connectivity index is 1.38. The van der Waals surface area contributed by atoms with Crippen LogP contribution < -0.4 is 10.6 Å². The average molecular weight is 502 g/mol. The molecule has 0 radical (unpaired) electrons. The number of anilines is 1. The second-order valence-corrected chi connectivity index (χ2v) is 10.7. The molecule has 2 aromatic heterocycles. The van der Waals surface area contributed by atoms with Gasteiger partial charge in [0.05, 0.1) is 39.9 Å². The third-order valence-corrected chi connectivity index (χ3v) is 6.64. The van der Waals surface area contributed by atoms with Crippen LogP contribution in [0, 0.1) is 5.41 Å². The van der Waals surface area contributed by atoms with Gasteiger partial charge in [-0.1, -0.05) is 44.5 Å². The lowest BCUT2D eigenvalue weighted by atomic mass is 9.95. The van der Waals surface area contributed by atoms with Crippen LogP contribution in [0.5, 0.6) is 0 Å². The number of nitrogens with one attached hydrogen (secondary N) is 2. The van der Waals surface area contributed by atoms with Gasteiger partial charge in [-0.2, -0.15) is 5.10 Å². The first-order chi connectivity index (χ1) is 17.2. The number of hydrogen-bond acceptors (Lipinski definition) is 4. The number of benzene rings is 2. The molecule has 0 saturated heterocycles. The minimum Gasteiger partial charge on any atom is -0.352 e. The second-order valence-electron chi connectivity index (χ2n) is 10.2. The topological polar surface area (TPSA) is 88.9 Å². The van der Waals surface area contributed by atoms with Crippen molar-refractivity contribution in [2.75, 3.05) is 5.32 Å². The molecule has 184 valence electrons. The van der Waals surface area contributed by atoms with E-state index in [9.17, 15) is 9.59 Å². The van der Waals surface area contributed by atoms with Crippen molar-refractivity contribution in [2.24, 2.45) is 5.41 Å². The summed E-state index contributed by atoms with van der Waals surface area (Å²) < 4.78 is 1.84. The molecule has 2 N–H and O–H groups in total. The largest absolute Gasteiger partial charge is 0.352 e. The van der Waals surface area contributed by atoms with Crippen LogP contribution in [0.2, 0.25) is 5.02 Å². The van der Waals surface area contributed by atoms with E-state index in [1.165, 1.54) is 18.4 Å². The molecule has 1 fully saturated rings. The molecule has 7 nitrogen and oxygen atoms in total. The number of pyridine rings is 1. The van der Waals surface area contributed by atoms with Crippen molar-refractivity contribution in [1.29, 1.82) is 0 Å². The van der Waals surface area contributed by atoms with Gasteiger partial charge >= 0.3 is 0 Å². The monoisotopic (exact) mass is 501 g/mol. The van der Waals surface area contributed by atoms with Gasteiger partial charge in [-0.3, -0.25) is 14.6 Å². The molecule has 4 aromatic rings. The van der Waals surface area contributed by atoms with Crippen LogP contribution in [-0.2, 0) is 11.3 Å². The smallest absolute Gasteiger partial charge is 0.257 e. The normalized spacial score (nSPS) is 13.6. The third kappa shape index (κ3) is 4.97. The molecule has 0 unspecified atom stereocenters. The van der Waals surface area contributed by atoms with Gasteiger partial charge in [-0.15, -0.1) is 0 Å². The number of amides is 2. The lowest BCUT2D eigenvalue weighted by Gasteiger charge is -2.18. The summed E-state index contributed by atoms with van der Waals surface area (Å²) >= 11 is 6.37. The fraction of sp³-hybridized carbons (Fsp3) is 0.286. The predicted octanol–water partition coefficient (Wildman–Crippen LogP) is 5.87. The lowest BCUT2D eigenvalue weighted by Crippen LogP contribution is -2.34. The molecule has 5 rings (SSSR count). The van der Waals surface area contributed by atoms with Gasteiger partial charge in [-0.25, -0.2) is 4.68 Å². The molecule has 8 heteroatoms. The van der Waals surface area contributed by atoms with Crippen LogP contribution in [0.1, 0.15) is 61.0 Å². The summed E-state index contributed by atoms with van der Waals surface area (Å²) in [7, 11) is 0. The quantitative estimate of drug-likeness (QED) is 0.346. The number of aromatic nitrogens is 3. The van der Waals surface area contributed by atoms with E-state index in [0.29, 0.717) is 28.7 Å². The van der Waals surface area contributed by atoms with Crippen LogP contribution in [0.15, 0.2) is 61.1 Å². The molecule has 1 aliphatic carbocycles. The number of halogens is 1. The van der Waals surface area contributed by atoms with E-state index < -0.39 is 5.41 Å². The zero-order valence-electron chi connectivity index (χ0n) is 20.5. The van der Waals surface area contributed by atoms with Crippen LogP contribution in [0.4, 0.5) is 5.69 Å². The molecular weight excluding hydrogens is 474 g/mol. The summed E-state index contributed by atoms with van der Waals surface area (Å²) in [5.74, 6) is 0.197. The van der Waals surface area contributed by atoms with E-state index in [1.54, 1.807) is 30.6 Å². The molecule has 0 spiro atoms. The zero-order chi connectivity index (χ0) is 25.4. The van der Waals surface area contributed by atoms with E-state index >= 15 is 0 Å². The Morgan fingerprint density at radius 1 is 1.08 bits per heavy atom. The molecule has 2 amide bonds. The van der Waals surface area contributed by atoms with Gasteiger partial charge in [-0.05, 0) is 60.2 Å². The van der Waals surface area contributed by atoms with Gasteiger partial charge in [0.25, 0.3) is 5.91 Å². The minimum absolute atomic E-state index is 0.0648. The molecule has 2 heterocycles. The summed E-state index contributed by atoms with van der Waals surface area (Å²) in [5.41, 5.74) is 4.26. The predicted molar refractivity (Wildman–Crippen MR) is 142 cm³/mol. The highest BCUT2D eigenvalue weighted by Crippen LogP contribution is 2.40. The van der Waals surface area contributed by atoms with Crippen LogP contribution in [0.25, 0.3) is 16.6 Å². The fourth-order valence-corrected chi connectivity index (χ4v) is 4.26. The fourth-order valence-electron chi connectivity index (χ4n) is 4.06. The lowest BCUT2D eigenvalue weighted by molar-refractivity contribution is -0.128. The summed E-state index contributed by atoms with van der Waals surface area (Å²) in [6.45, 7) is 5.87. The number of rotatable bonds is 6. The maximum absolute atomic E-state index is 13.2. The molecule has 36 heavy (non-hydrogen) atoms. The van der Waals surface area contributed by atoms with Crippen LogP contribution in [0.3, 0.4) is 0 Å². The van der Waals surface area contributed by atoms with Gasteiger partial charge in [0, 0.05) is 23.5 Å². The Hall–Kier alpha value is -3.71. The molecule has 0 aliphatic heterocycles. The van der Waals surface area contributed by atoms with Crippen LogP contribution >= 0.6 is 11.6 Å². The van der Waals surface area contributed by atoms with E-state index in [2.05, 4.69) is 26.8 Å². The molecule has 1 saturated carbocycles. The average Bonchev–Trinajstić information content (AvgIpc) is 3.61. The first-order valence-corrected chi connectivity index (χ1v) is 12.4. The summed E-state index contributed by atoms with van der Waals surface area (Å²) in [5, 5.41) is 11.6. The standard InChI is InChI=1S/C28H28ClN5O2/c1-28(2,3)27(36)31-13-17-7-10-23(29)21(11-17)26(35)33-24-5-4-6-25-22(24)16-32-34(25)20-12-19(14-30-15-20)18-8-9-18/h4-7,10-12,14-16,18H,8-9,13H2,1-3H3,(H,31,36)(H,33,35). The Bertz CT molecular complexity index is 1470. The van der Waals surface area contributed by atoms with Crippen molar-refractivity contribution in [3.8, 4) is 5.69 Å². The highest BCUT2D eigenvalue weighted by molar-refractivity contribution is 6.34. The number of fused-ring (bicyclic) bond motifs is 1. The zero-order valence-corrected chi connectivity index (χ0v) is 21.3. The van der Waals surface area contributed by atoms with Crippen molar-refractivity contribution >= 4 is 40.0 Å². The summed E-state index contributed by atoms with van der Waals surface area (Å²) in [6.07, 6.45) is 7.87. The first kappa shape index (κ1) is 24.0. The van der Waals surface area contributed by atoms with E-state index in [4.69, 9.17) is 11.6 Å². The highest BCUT2D eigenvalue weighted by atomic mass is 35.5. The summed E-state index contributed by atoms with van der Waals surface area (Å²) in [6, 6.07) is 13.0. The number of carbonyl (C=O) groups excluding carboxylic acids is 2. The Morgan fingerprint density at radius 2 is 1.89 bits per heavy atom. The SMILES string of the molecule is CC(C)(C)C(=O)NCc1ccc(Cl)c(C(=O)Nc2cccc3c2cnn3-c2cncc(C3CC3)c2)c1. The Labute approximate surface area is 214 Å². The molecule has 0 atom stereocenters. The first-order valence-electron chi connectivity index (χ1n) is 12.0. The van der Waals surface area contributed by atoms with E-state index in [-0.39, 0.29) is 11.8 Å². The maximum atomic E-state index is 13.2. The number of carbonyl (C=O) groups is 2. The van der Waals surface area contributed by atoms with Gasteiger partial charge in [0.2, 0.25) is 5.91 Å². The number of hydrogen-bond donors (Lipinski definition) is 2. The second kappa shape index (κ2) is 9.39. The molecule has 0 bridgehead atoms. The molecular formula is C28H28ClN5O2. The van der Waals surface area contributed by atoms with Crippen LogP contribution in [-0.4, -0.2) is 26.6 Å². The minimum atomic E-state index is -0.495. The van der Waals surface area contributed by atoms with E-state index in [1.807, 2.05) is 49.8 Å². The van der Waals surface area contributed by atoms with E-state index in [0.717, 1.165) is 22.2 Å². The summed E-state index contributed by atoms with van der Waals surface area (Å²) in [4.78, 5) is 29.8. The third-order valence-electron chi connectivity index (χ3n) is 6.31. The Kier molecular flexibility index (Phi) is 6.26. The maximum Gasteiger partial charge on any atom is 0.257 e. The van der Waals surface area contributed by atoms with Crippen molar-refractivity contribution < 1.29 is 9.59 Å². The van der Waals surface area contributed by atoms with Gasteiger partial charge in [0.1, 0.15) is 0 Å². The van der Waals surface area contributed by atoms with Crippen molar-refractivity contribution in [2.45, 2.75) is 46.1 Å². The molecule has 1 aliphatic rings. The van der Waals surface area contributed by atoms with Gasteiger partial charge in [0.15, 0.2) is 0 Å². The van der Waals surface area contributed by atoms with Crippen molar-refractivity contribution in [1.82, 2.24) is 20.1 Å². The Morgan fingerprint density at radius 3 is 2.64 bits per heavy atom. The number of nitrogens with zero attached hydrogens (tertiary/aromatic N) is 3. The molecule has 2 aromatic carbocycles. The van der Waals surface area contributed by atoms with Gasteiger partial charge < -0.3 is 10.6 Å². The van der Waals surface area contributed by atoms with Crippen molar-refractivity contribution in [3.63, 3.8) is 0 Å². The highest BCUT2D eigenvalue weighted by Gasteiger charge is 2.24.